The van der Waals surface area contributed by atoms with Gasteiger partial charge in [0.15, 0.2) is 5.54 Å². The first-order valence-electron chi connectivity index (χ1n) is 6.73. The van der Waals surface area contributed by atoms with Gasteiger partial charge in [0.2, 0.25) is 0 Å². The minimum absolute atomic E-state index is 0. The molecule has 2 aromatic rings. The number of ether oxygens (including phenoxy) is 1. The molecule has 8 N–H and O–H groups in total. The van der Waals surface area contributed by atoms with Crippen LogP contribution in [0, 0.1) is 0 Å². The normalized spacial score (nSPS) is 9.61. The predicted octanol–water partition coefficient (Wildman–Crippen LogP) is -2.96. The summed E-state index contributed by atoms with van der Waals surface area (Å²) in [5.74, 6) is -5.24. The third-order valence-electron chi connectivity index (χ3n) is 3.26. The number of benzene rings is 1. The Labute approximate surface area is 179 Å². The molecule has 2 rings (SSSR count). The molecule has 0 aliphatic rings. The van der Waals surface area contributed by atoms with E-state index in [9.17, 15) is 19.2 Å². The summed E-state index contributed by atoms with van der Waals surface area (Å²) in [7, 11) is 0. The van der Waals surface area contributed by atoms with Crippen molar-refractivity contribution >= 4 is 64.5 Å². The molecular weight excluding hydrogens is 393 g/mol. The molecule has 14 heteroatoms. The van der Waals surface area contributed by atoms with Crippen molar-refractivity contribution < 1.29 is 50.6 Å². The maximum absolute atomic E-state index is 12.4. The van der Waals surface area contributed by atoms with Crippen molar-refractivity contribution in [2.45, 2.75) is 25.3 Å². The number of rotatable bonds is 6. The quantitative estimate of drug-likeness (QED) is 0.278. The fraction of sp³-hybridized carbons (Fsp3) is 0.286. The van der Waals surface area contributed by atoms with Gasteiger partial charge in [-0.2, -0.15) is 0 Å². The zero-order chi connectivity index (χ0) is 17.9. The number of hydrogen-bond acceptors (Lipinski definition) is 7. The fourth-order valence-corrected chi connectivity index (χ4v) is 2.35. The molecule has 0 radical (unpaired) electrons. The van der Waals surface area contributed by atoms with E-state index in [1.807, 2.05) is 0 Å². The van der Waals surface area contributed by atoms with Crippen molar-refractivity contribution in [1.29, 1.82) is 0 Å². The molecule has 13 nitrogen and oxygen atoms in total. The number of carboxylic acid groups (broad SMARTS) is 2. The van der Waals surface area contributed by atoms with Crippen LogP contribution in [-0.4, -0.2) is 95.1 Å². The van der Waals surface area contributed by atoms with E-state index in [0.717, 1.165) is 11.6 Å². The van der Waals surface area contributed by atoms with Gasteiger partial charge in [0.05, 0.1) is 18.4 Å². The molecule has 0 saturated heterocycles. The summed E-state index contributed by atoms with van der Waals surface area (Å²) >= 11 is 0. The number of fused-ring (bicyclic) bond motifs is 1. The van der Waals surface area contributed by atoms with Crippen LogP contribution >= 0.6 is 0 Å². The number of para-hydroxylation sites is 1. The molecule has 152 valence electrons. The Bertz CT molecular complexity index is 822. The average molecular weight is 413 g/mol. The van der Waals surface area contributed by atoms with Gasteiger partial charge in [-0.15, -0.1) is 5.10 Å². The molecule has 0 amide bonds. The summed E-state index contributed by atoms with van der Waals surface area (Å²) < 4.78 is 5.38. The van der Waals surface area contributed by atoms with E-state index in [2.05, 4.69) is 15.0 Å². The van der Waals surface area contributed by atoms with Crippen molar-refractivity contribution in [3.05, 3.63) is 24.3 Å². The van der Waals surface area contributed by atoms with Crippen LogP contribution in [0.3, 0.4) is 0 Å². The Morgan fingerprint density at radius 3 is 2.00 bits per heavy atom. The number of carbonyl (C=O) groups is 4. The van der Waals surface area contributed by atoms with Gasteiger partial charge in [-0.1, -0.05) is 17.3 Å². The summed E-state index contributed by atoms with van der Waals surface area (Å²) in [5.41, 5.74) is -1.69. The molecule has 0 atom stereocenters. The minimum atomic E-state index is -2.25. The van der Waals surface area contributed by atoms with E-state index in [4.69, 9.17) is 10.2 Å². The molecule has 0 saturated carbocycles. The molecule has 1 heterocycles. The topological polar surface area (TPSA) is 243 Å². The van der Waals surface area contributed by atoms with Crippen molar-refractivity contribution in [3.8, 4) is 0 Å². The number of aliphatic carboxylic acids is 2. The van der Waals surface area contributed by atoms with E-state index < -0.39 is 42.3 Å². The van der Waals surface area contributed by atoms with Gasteiger partial charge >= 0.3 is 53.4 Å². The second kappa shape index (κ2) is 12.1. The third kappa shape index (κ3) is 6.33. The molecule has 0 spiro atoms. The summed E-state index contributed by atoms with van der Waals surface area (Å²) in [6.45, 7) is 0.948. The second-order valence-electron chi connectivity index (χ2n) is 5.04. The van der Waals surface area contributed by atoms with Gasteiger partial charge in [0.1, 0.15) is 5.52 Å². The first-order chi connectivity index (χ1) is 11.3. The third-order valence-corrected chi connectivity index (χ3v) is 3.26. The zero-order valence-corrected chi connectivity index (χ0v) is 14.0. The van der Waals surface area contributed by atoms with Crippen LogP contribution in [0.5, 0.6) is 0 Å². The van der Waals surface area contributed by atoms with Crippen molar-refractivity contribution in [2.24, 2.45) is 0 Å². The van der Waals surface area contributed by atoms with Crippen molar-refractivity contribution in [2.75, 3.05) is 0 Å². The molecule has 0 unspecified atom stereocenters. The van der Waals surface area contributed by atoms with Gasteiger partial charge in [0, 0.05) is 6.92 Å². The molecule has 0 aliphatic carbocycles. The van der Waals surface area contributed by atoms with Gasteiger partial charge in [0.25, 0.3) is 0 Å². The molecule has 0 bridgehead atoms. The number of esters is 2. The number of carboxylic acids is 2. The Kier molecular flexibility index (Phi) is 13.1. The van der Waals surface area contributed by atoms with Gasteiger partial charge in [-0.05, 0) is 12.1 Å². The average Bonchev–Trinajstić information content (AvgIpc) is 2.88. The molecule has 1 aromatic heterocycles. The first-order valence-corrected chi connectivity index (χ1v) is 6.73. The van der Waals surface area contributed by atoms with Gasteiger partial charge in [-0.3, -0.25) is 14.4 Å². The van der Waals surface area contributed by atoms with Crippen molar-refractivity contribution in [3.63, 3.8) is 0 Å². The molecule has 1 aromatic carbocycles. The van der Waals surface area contributed by atoms with Gasteiger partial charge < -0.3 is 31.4 Å². The van der Waals surface area contributed by atoms with E-state index in [1.165, 1.54) is 6.07 Å². The SMILES string of the molecule is CC(=O)OC(=O)C(CC(=O)O)(CC(=O)O)n1nnc2ccccc21.O.O.O.[NaH]. The second-order valence-corrected chi connectivity index (χ2v) is 5.04. The number of aromatic nitrogens is 3. The Balaban J connectivity index is -0.00000156. The van der Waals surface area contributed by atoms with E-state index >= 15 is 0 Å². The van der Waals surface area contributed by atoms with E-state index in [1.54, 1.807) is 18.2 Å². The molecular formula is C14H20N3NaO10. The van der Waals surface area contributed by atoms with Crippen LogP contribution in [0.4, 0.5) is 0 Å². The van der Waals surface area contributed by atoms with Crippen LogP contribution in [0.2, 0.25) is 0 Å². The van der Waals surface area contributed by atoms with Crippen LogP contribution in [0.25, 0.3) is 11.0 Å². The number of carbonyl (C=O) groups excluding carboxylic acids is 2. The van der Waals surface area contributed by atoms with Crippen LogP contribution < -0.4 is 0 Å². The summed E-state index contributed by atoms with van der Waals surface area (Å²) in [4.78, 5) is 46.1. The first kappa shape index (κ1) is 30.3. The summed E-state index contributed by atoms with van der Waals surface area (Å²) in [6.07, 6.45) is -1.89. The molecule has 0 fully saturated rings. The van der Waals surface area contributed by atoms with Crippen LogP contribution in [-0.2, 0) is 29.5 Å². The van der Waals surface area contributed by atoms with Crippen LogP contribution in [0.1, 0.15) is 19.8 Å². The number of nitrogens with zero attached hydrogens (tertiary/aromatic N) is 3. The van der Waals surface area contributed by atoms with Crippen LogP contribution in [0.15, 0.2) is 24.3 Å². The van der Waals surface area contributed by atoms with Crippen molar-refractivity contribution in [1.82, 2.24) is 15.0 Å². The summed E-state index contributed by atoms with van der Waals surface area (Å²) in [6, 6.07) is 6.28. The standard InChI is InChI=1S/C14H13N3O7.Na.3H2O.H/c1-8(18)24-13(23)14(6-11(19)20,7-12(21)22)17-10-5-3-2-4-9(10)15-16-17;;;;;/h2-5H,6-7H2,1H3,(H,19,20)(H,21,22);;3*1H2;. The Morgan fingerprint density at radius 1 is 1.04 bits per heavy atom. The van der Waals surface area contributed by atoms with Gasteiger partial charge in [-0.25, -0.2) is 9.48 Å². The monoisotopic (exact) mass is 413 g/mol. The molecule has 28 heavy (non-hydrogen) atoms. The van der Waals surface area contributed by atoms with E-state index in [0.29, 0.717) is 5.52 Å². The maximum atomic E-state index is 12.4. The zero-order valence-electron chi connectivity index (χ0n) is 14.0. The predicted molar refractivity (Wildman–Crippen MR) is 94.8 cm³/mol. The fourth-order valence-electron chi connectivity index (χ4n) is 2.35. The van der Waals surface area contributed by atoms with E-state index in [-0.39, 0.29) is 51.5 Å². The Morgan fingerprint density at radius 2 is 1.54 bits per heavy atom. The summed E-state index contributed by atoms with van der Waals surface area (Å²) in [5, 5.41) is 25.9. The Hall–Kier alpha value is -2.42. The molecule has 0 aliphatic heterocycles. The number of hydrogen-bond donors (Lipinski definition) is 2.